The zero-order valence-corrected chi connectivity index (χ0v) is 26.5. The molecule has 0 aliphatic carbocycles. The predicted molar refractivity (Wildman–Crippen MR) is 159 cm³/mol. The maximum absolute atomic E-state index is 13.3. The van der Waals surface area contributed by atoms with Gasteiger partial charge in [-0.3, -0.25) is 38.2 Å². The smallest absolute Gasteiger partial charge is 0.312 e. The standard InChI is InChI=1S/C28H45N5O10S/c1-17(2)25(21(34)15-19(26(38)18(3)4)9-8-13-30-28(29)40)32-27(39)20(16-44(41,42)43)31-22(35)10-6-5-7-14-33-23(36)11-12-24(33)37/h11-12,17-20,25H,5-10,13-16H2,1-4H3,(H,31,35)(H,32,39)(H3,29,30,40)(H,41,42,43)/t19-,20+,25+/m0/s1. The van der Waals surface area contributed by atoms with Gasteiger partial charge in [0.05, 0.1) is 6.04 Å². The van der Waals surface area contributed by atoms with Crippen molar-refractivity contribution in [1.82, 2.24) is 20.9 Å². The fraction of sp³-hybridized carbons (Fsp3) is 0.679. The van der Waals surface area contributed by atoms with Crippen molar-refractivity contribution in [3.05, 3.63) is 12.2 Å². The van der Waals surface area contributed by atoms with Crippen LogP contribution in [0, 0.1) is 17.8 Å². The SMILES string of the molecule is CC(C)C(=O)[C@@H](CCCNC(N)=O)CC(=O)[C@H](NC(=O)[C@@H](CS(=O)(=O)O)NC(=O)CCCCCN1C(=O)C=CC1=O)C(C)C. The monoisotopic (exact) mass is 643 g/mol. The zero-order valence-electron chi connectivity index (χ0n) is 25.7. The largest absolute Gasteiger partial charge is 0.352 e. The highest BCUT2D eigenvalue weighted by Gasteiger charge is 2.33. The van der Waals surface area contributed by atoms with E-state index in [0.29, 0.717) is 25.7 Å². The quantitative estimate of drug-likeness (QED) is 0.0648. The number of urea groups is 1. The van der Waals surface area contributed by atoms with Gasteiger partial charge >= 0.3 is 6.03 Å². The van der Waals surface area contributed by atoms with Crippen LogP contribution in [0.2, 0.25) is 0 Å². The number of hydrogen-bond acceptors (Lipinski definition) is 9. The lowest BCUT2D eigenvalue weighted by Crippen LogP contribution is -2.55. The van der Waals surface area contributed by atoms with Crippen LogP contribution in [-0.2, 0) is 38.9 Å². The normalized spacial score (nSPS) is 15.3. The number of amides is 6. The van der Waals surface area contributed by atoms with Crippen molar-refractivity contribution < 1.29 is 46.5 Å². The first-order valence-corrected chi connectivity index (χ1v) is 16.2. The lowest BCUT2D eigenvalue weighted by molar-refractivity contribution is -0.137. The van der Waals surface area contributed by atoms with Gasteiger partial charge in [0, 0.05) is 49.9 Å². The van der Waals surface area contributed by atoms with Gasteiger partial charge in [0.2, 0.25) is 11.8 Å². The molecule has 0 aromatic carbocycles. The van der Waals surface area contributed by atoms with Gasteiger partial charge in [0.1, 0.15) is 17.6 Å². The second-order valence-electron chi connectivity index (χ2n) is 11.4. The van der Waals surface area contributed by atoms with Crippen LogP contribution in [-0.4, -0.2) is 90.0 Å². The van der Waals surface area contributed by atoms with Gasteiger partial charge in [0.25, 0.3) is 21.9 Å². The Hall–Kier alpha value is -3.66. The van der Waals surface area contributed by atoms with Crippen LogP contribution in [0.25, 0.3) is 0 Å². The molecule has 0 spiro atoms. The molecule has 0 bridgehead atoms. The van der Waals surface area contributed by atoms with E-state index in [1.165, 1.54) is 12.2 Å². The van der Waals surface area contributed by atoms with Crippen molar-refractivity contribution in [3.63, 3.8) is 0 Å². The van der Waals surface area contributed by atoms with E-state index in [4.69, 9.17) is 5.73 Å². The first-order valence-electron chi connectivity index (χ1n) is 14.6. The van der Waals surface area contributed by atoms with Crippen molar-refractivity contribution in [3.8, 4) is 0 Å². The summed E-state index contributed by atoms with van der Waals surface area (Å²) in [4.78, 5) is 86.9. The Morgan fingerprint density at radius 3 is 2.07 bits per heavy atom. The van der Waals surface area contributed by atoms with E-state index in [1.807, 2.05) is 0 Å². The van der Waals surface area contributed by atoms with Crippen molar-refractivity contribution in [2.75, 3.05) is 18.8 Å². The molecule has 0 saturated carbocycles. The van der Waals surface area contributed by atoms with Gasteiger partial charge < -0.3 is 21.7 Å². The minimum atomic E-state index is -4.72. The van der Waals surface area contributed by atoms with Crippen LogP contribution >= 0.6 is 0 Å². The van der Waals surface area contributed by atoms with E-state index in [9.17, 15) is 46.5 Å². The molecule has 0 radical (unpaired) electrons. The molecule has 0 saturated heterocycles. The summed E-state index contributed by atoms with van der Waals surface area (Å²) in [5, 5.41) is 7.19. The number of unbranched alkanes of at least 4 members (excludes halogenated alkanes) is 2. The Morgan fingerprint density at radius 1 is 0.932 bits per heavy atom. The molecule has 0 aromatic heterocycles. The summed E-state index contributed by atoms with van der Waals surface area (Å²) in [6.07, 6.45) is 3.88. The van der Waals surface area contributed by atoms with Crippen LogP contribution in [0.15, 0.2) is 12.2 Å². The molecule has 1 aliphatic heterocycles. The van der Waals surface area contributed by atoms with E-state index in [1.54, 1.807) is 27.7 Å². The number of carbonyl (C=O) groups excluding carboxylic acids is 7. The second kappa shape index (κ2) is 18.2. The molecule has 44 heavy (non-hydrogen) atoms. The summed E-state index contributed by atoms with van der Waals surface area (Å²) in [6, 6.07) is -3.54. The van der Waals surface area contributed by atoms with E-state index in [0.717, 1.165) is 4.90 Å². The van der Waals surface area contributed by atoms with Crippen LogP contribution in [0.4, 0.5) is 4.79 Å². The van der Waals surface area contributed by atoms with E-state index in [2.05, 4.69) is 16.0 Å². The Kier molecular flexibility index (Phi) is 15.9. The van der Waals surface area contributed by atoms with Crippen molar-refractivity contribution in [1.29, 1.82) is 0 Å². The predicted octanol–water partition coefficient (Wildman–Crippen LogP) is 0.234. The van der Waals surface area contributed by atoms with E-state index in [-0.39, 0.29) is 44.1 Å². The van der Waals surface area contributed by atoms with Gasteiger partial charge in [-0.2, -0.15) is 8.42 Å². The molecule has 1 heterocycles. The van der Waals surface area contributed by atoms with Gasteiger partial charge in [-0.15, -0.1) is 0 Å². The van der Waals surface area contributed by atoms with Crippen LogP contribution in [0.5, 0.6) is 0 Å². The zero-order chi connectivity index (χ0) is 33.6. The molecule has 6 N–H and O–H groups in total. The fourth-order valence-electron chi connectivity index (χ4n) is 4.66. The number of Topliss-reactive ketones (excluding diaryl/α,β-unsaturated/α-hetero) is 2. The van der Waals surface area contributed by atoms with Crippen LogP contribution < -0.4 is 21.7 Å². The average Bonchev–Trinajstić information content (AvgIpc) is 3.23. The van der Waals surface area contributed by atoms with Crippen molar-refractivity contribution >= 4 is 51.3 Å². The summed E-state index contributed by atoms with van der Waals surface area (Å²) in [6.45, 7) is 7.07. The molecular weight excluding hydrogens is 598 g/mol. The summed E-state index contributed by atoms with van der Waals surface area (Å²) >= 11 is 0. The Bertz CT molecular complexity index is 1200. The number of hydrogen-bond donors (Lipinski definition) is 5. The maximum atomic E-state index is 13.3. The molecule has 1 rings (SSSR count). The first kappa shape index (κ1) is 38.4. The number of primary amides is 1. The Morgan fingerprint density at radius 2 is 1.55 bits per heavy atom. The number of nitrogens with zero attached hydrogens (tertiary/aromatic N) is 1. The average molecular weight is 644 g/mol. The minimum absolute atomic E-state index is 0.106. The summed E-state index contributed by atoms with van der Waals surface area (Å²) in [7, 11) is -4.72. The Balaban J connectivity index is 2.83. The summed E-state index contributed by atoms with van der Waals surface area (Å²) in [5.41, 5.74) is 5.06. The highest BCUT2D eigenvalue weighted by Crippen LogP contribution is 2.20. The minimum Gasteiger partial charge on any atom is -0.352 e. The molecule has 6 amide bonds. The Labute approximate surface area is 257 Å². The lowest BCUT2D eigenvalue weighted by atomic mass is 9.84. The third-order valence-corrected chi connectivity index (χ3v) is 7.73. The first-order chi connectivity index (χ1) is 20.4. The van der Waals surface area contributed by atoms with Gasteiger partial charge in [-0.25, -0.2) is 4.79 Å². The molecule has 3 atom stereocenters. The molecular formula is C28H45N5O10S. The topological polar surface area (TPSA) is 239 Å². The van der Waals surface area contributed by atoms with Crippen LogP contribution in [0.1, 0.15) is 72.6 Å². The van der Waals surface area contributed by atoms with Gasteiger partial charge in [-0.05, 0) is 31.6 Å². The van der Waals surface area contributed by atoms with E-state index >= 15 is 0 Å². The van der Waals surface area contributed by atoms with Crippen molar-refractivity contribution in [2.45, 2.75) is 84.7 Å². The molecule has 0 fully saturated rings. The number of imide groups is 1. The van der Waals surface area contributed by atoms with Gasteiger partial charge in [0.15, 0.2) is 5.78 Å². The number of nitrogens with one attached hydrogen (secondary N) is 3. The molecule has 1 aliphatic rings. The number of rotatable bonds is 21. The second-order valence-corrected chi connectivity index (χ2v) is 12.9. The van der Waals surface area contributed by atoms with Crippen molar-refractivity contribution in [2.24, 2.45) is 23.5 Å². The maximum Gasteiger partial charge on any atom is 0.312 e. The highest BCUT2D eigenvalue weighted by molar-refractivity contribution is 7.85. The molecule has 248 valence electrons. The third kappa shape index (κ3) is 14.2. The fourth-order valence-corrected chi connectivity index (χ4v) is 5.32. The van der Waals surface area contributed by atoms with Gasteiger partial charge in [-0.1, -0.05) is 34.1 Å². The molecule has 15 nitrogen and oxygen atoms in total. The number of carbonyl (C=O) groups is 7. The summed E-state index contributed by atoms with van der Waals surface area (Å²) < 4.78 is 32.7. The molecule has 0 unspecified atom stereocenters. The number of ketones is 2. The third-order valence-electron chi connectivity index (χ3n) is 6.97. The molecule has 0 aromatic rings. The highest BCUT2D eigenvalue weighted by atomic mass is 32.2. The van der Waals surface area contributed by atoms with E-state index < -0.39 is 75.2 Å². The lowest BCUT2D eigenvalue weighted by Gasteiger charge is -2.26. The number of nitrogens with two attached hydrogens (primary N) is 1. The van der Waals surface area contributed by atoms with Crippen LogP contribution in [0.3, 0.4) is 0 Å². The molecule has 16 heteroatoms. The summed E-state index contributed by atoms with van der Waals surface area (Å²) in [5.74, 6) is -5.81.